The van der Waals surface area contributed by atoms with Crippen LogP contribution in [-0.2, 0) is 9.53 Å². The molecule has 0 bridgehead atoms. The molecule has 0 radical (unpaired) electrons. The average molecular weight is 305 g/mol. The molecule has 0 aliphatic heterocycles. The van der Waals surface area contributed by atoms with Crippen LogP contribution in [0.1, 0.15) is 5.56 Å². The molecule has 0 aliphatic rings. The molecule has 0 heterocycles. The van der Waals surface area contributed by atoms with E-state index in [0.29, 0.717) is 17.1 Å². The predicted molar refractivity (Wildman–Crippen MR) is 80.7 cm³/mol. The van der Waals surface area contributed by atoms with E-state index in [4.69, 9.17) is 16.3 Å². The fourth-order valence-electron chi connectivity index (χ4n) is 1.72. The van der Waals surface area contributed by atoms with Crippen molar-refractivity contribution in [3.05, 3.63) is 59.6 Å². The number of rotatable bonds is 4. The van der Waals surface area contributed by atoms with E-state index in [1.165, 1.54) is 19.2 Å². The minimum absolute atomic E-state index is 0.0848. The van der Waals surface area contributed by atoms with Crippen molar-refractivity contribution >= 4 is 23.1 Å². The normalized spacial score (nSPS) is 10.0. The van der Waals surface area contributed by atoms with Crippen LogP contribution in [0.25, 0.3) is 5.57 Å². The van der Waals surface area contributed by atoms with Gasteiger partial charge in [-0.2, -0.15) is 0 Å². The Morgan fingerprint density at radius 1 is 1.24 bits per heavy atom. The molecule has 0 saturated heterocycles. The molecule has 0 saturated carbocycles. The third-order valence-corrected chi connectivity index (χ3v) is 3.11. The summed E-state index contributed by atoms with van der Waals surface area (Å²) in [4.78, 5) is 11.6. The van der Waals surface area contributed by atoms with Gasteiger partial charge in [-0.15, -0.1) is 0 Å². The molecule has 108 valence electrons. The third-order valence-electron chi connectivity index (χ3n) is 2.79. The first-order chi connectivity index (χ1) is 10.0. The Hall–Kier alpha value is -2.46. The second kappa shape index (κ2) is 6.33. The van der Waals surface area contributed by atoms with E-state index >= 15 is 0 Å². The maximum Gasteiger partial charge on any atom is 0.337 e. The maximum absolute atomic E-state index is 11.6. The van der Waals surface area contributed by atoms with Crippen LogP contribution in [0.5, 0.6) is 17.2 Å². The molecular formula is C16H13ClO4. The number of methoxy groups -OCH3 is 1. The van der Waals surface area contributed by atoms with Gasteiger partial charge in [0.2, 0.25) is 0 Å². The quantitative estimate of drug-likeness (QED) is 0.684. The second-order valence-corrected chi connectivity index (χ2v) is 4.59. The molecule has 0 atom stereocenters. The summed E-state index contributed by atoms with van der Waals surface area (Å²) < 4.78 is 10.3. The highest BCUT2D eigenvalue weighted by Gasteiger charge is 2.15. The van der Waals surface area contributed by atoms with Crippen LogP contribution < -0.4 is 4.74 Å². The van der Waals surface area contributed by atoms with E-state index < -0.39 is 5.97 Å². The van der Waals surface area contributed by atoms with E-state index in [1.807, 2.05) is 0 Å². The number of para-hydroxylation sites is 1. The molecule has 21 heavy (non-hydrogen) atoms. The molecule has 0 spiro atoms. The number of benzene rings is 2. The van der Waals surface area contributed by atoms with Crippen molar-refractivity contribution in [1.82, 2.24) is 0 Å². The van der Waals surface area contributed by atoms with E-state index in [1.54, 1.807) is 30.3 Å². The van der Waals surface area contributed by atoms with Crippen molar-refractivity contribution in [1.29, 1.82) is 0 Å². The zero-order valence-corrected chi connectivity index (χ0v) is 12.1. The summed E-state index contributed by atoms with van der Waals surface area (Å²) in [7, 11) is 1.29. The number of aromatic hydroxyl groups is 1. The SMILES string of the molecule is C=C(C(=O)OC)c1ccccc1Oc1ccc(Cl)c(O)c1. The van der Waals surface area contributed by atoms with Gasteiger partial charge in [0.15, 0.2) is 0 Å². The first kappa shape index (κ1) is 14.9. The molecule has 1 N–H and O–H groups in total. The minimum atomic E-state index is -0.537. The number of hydrogen-bond acceptors (Lipinski definition) is 4. The zero-order valence-electron chi connectivity index (χ0n) is 11.3. The Bertz CT molecular complexity index is 694. The summed E-state index contributed by atoms with van der Waals surface area (Å²) in [6.07, 6.45) is 0. The first-order valence-corrected chi connectivity index (χ1v) is 6.43. The summed E-state index contributed by atoms with van der Waals surface area (Å²) in [6, 6.07) is 11.4. The lowest BCUT2D eigenvalue weighted by Crippen LogP contribution is -2.03. The largest absolute Gasteiger partial charge is 0.506 e. The molecule has 0 unspecified atom stereocenters. The molecule has 2 aromatic rings. The van der Waals surface area contributed by atoms with Gasteiger partial charge in [-0.25, -0.2) is 4.79 Å². The zero-order chi connectivity index (χ0) is 15.4. The van der Waals surface area contributed by atoms with Crippen LogP contribution in [0.15, 0.2) is 49.0 Å². The van der Waals surface area contributed by atoms with Crippen LogP contribution in [-0.4, -0.2) is 18.2 Å². The lowest BCUT2D eigenvalue weighted by Gasteiger charge is -2.12. The van der Waals surface area contributed by atoms with Crippen molar-refractivity contribution in [3.63, 3.8) is 0 Å². The van der Waals surface area contributed by atoms with Gasteiger partial charge in [0.05, 0.1) is 17.7 Å². The number of phenols is 1. The lowest BCUT2D eigenvalue weighted by molar-refractivity contribution is -0.133. The molecule has 0 aliphatic carbocycles. The molecule has 5 heteroatoms. The molecule has 0 amide bonds. The molecular weight excluding hydrogens is 292 g/mol. The lowest BCUT2D eigenvalue weighted by atomic mass is 10.1. The van der Waals surface area contributed by atoms with Crippen molar-refractivity contribution in [2.75, 3.05) is 7.11 Å². The topological polar surface area (TPSA) is 55.8 Å². The number of phenolic OH excluding ortho intramolecular Hbond substituents is 1. The van der Waals surface area contributed by atoms with Crippen molar-refractivity contribution < 1.29 is 19.4 Å². The summed E-state index contributed by atoms with van der Waals surface area (Å²) in [5, 5.41) is 9.81. The Kier molecular flexibility index (Phi) is 4.50. The predicted octanol–water partition coefficient (Wildman–Crippen LogP) is 4.02. The highest BCUT2D eigenvalue weighted by Crippen LogP contribution is 2.33. The fraction of sp³-hybridized carbons (Fsp3) is 0.0625. The van der Waals surface area contributed by atoms with Crippen LogP contribution in [0, 0.1) is 0 Å². The van der Waals surface area contributed by atoms with E-state index in [-0.39, 0.29) is 16.3 Å². The van der Waals surface area contributed by atoms with E-state index in [0.717, 1.165) is 0 Å². The van der Waals surface area contributed by atoms with Crippen molar-refractivity contribution in [3.8, 4) is 17.2 Å². The summed E-state index contributed by atoms with van der Waals surface area (Å²) in [5.41, 5.74) is 0.699. The van der Waals surface area contributed by atoms with Gasteiger partial charge in [0.1, 0.15) is 17.2 Å². The first-order valence-electron chi connectivity index (χ1n) is 6.06. The standard InChI is InChI=1S/C16H13ClO4/c1-10(16(19)20-2)12-5-3-4-6-15(12)21-11-7-8-13(17)14(18)9-11/h3-9,18H,1H2,2H3. The monoisotopic (exact) mass is 304 g/mol. The third kappa shape index (κ3) is 3.35. The van der Waals surface area contributed by atoms with Gasteiger partial charge < -0.3 is 14.6 Å². The Labute approximate surface area is 127 Å². The molecule has 0 aromatic heterocycles. The Morgan fingerprint density at radius 2 is 1.95 bits per heavy atom. The van der Waals surface area contributed by atoms with Gasteiger partial charge in [0, 0.05) is 11.6 Å². The molecule has 2 aromatic carbocycles. The highest BCUT2D eigenvalue weighted by molar-refractivity contribution is 6.32. The number of carbonyl (C=O) groups is 1. The van der Waals surface area contributed by atoms with Gasteiger partial charge in [-0.05, 0) is 18.2 Å². The number of halogens is 1. The molecule has 0 fully saturated rings. The molecule has 4 nitrogen and oxygen atoms in total. The number of hydrogen-bond donors (Lipinski definition) is 1. The van der Waals surface area contributed by atoms with E-state index in [2.05, 4.69) is 11.3 Å². The Balaban J connectivity index is 2.34. The van der Waals surface area contributed by atoms with Crippen molar-refractivity contribution in [2.24, 2.45) is 0 Å². The minimum Gasteiger partial charge on any atom is -0.506 e. The number of carbonyl (C=O) groups excluding carboxylic acids is 1. The summed E-state index contributed by atoms with van der Waals surface area (Å²) >= 11 is 5.74. The van der Waals surface area contributed by atoms with Gasteiger partial charge in [0.25, 0.3) is 0 Å². The number of ether oxygens (including phenoxy) is 2. The van der Waals surface area contributed by atoms with Crippen molar-refractivity contribution in [2.45, 2.75) is 0 Å². The van der Waals surface area contributed by atoms with Gasteiger partial charge >= 0.3 is 5.97 Å². The van der Waals surface area contributed by atoms with Crippen LogP contribution >= 0.6 is 11.6 Å². The number of esters is 1. The van der Waals surface area contributed by atoms with Crippen LogP contribution in [0.2, 0.25) is 5.02 Å². The highest BCUT2D eigenvalue weighted by atomic mass is 35.5. The second-order valence-electron chi connectivity index (χ2n) is 4.18. The van der Waals surface area contributed by atoms with Gasteiger partial charge in [-0.1, -0.05) is 36.4 Å². The molecule has 2 rings (SSSR count). The van der Waals surface area contributed by atoms with E-state index in [9.17, 15) is 9.90 Å². The fourth-order valence-corrected chi connectivity index (χ4v) is 1.84. The van der Waals surface area contributed by atoms with Crippen LogP contribution in [0.3, 0.4) is 0 Å². The van der Waals surface area contributed by atoms with Crippen LogP contribution in [0.4, 0.5) is 0 Å². The van der Waals surface area contributed by atoms with Gasteiger partial charge in [-0.3, -0.25) is 0 Å². The Morgan fingerprint density at radius 3 is 2.62 bits per heavy atom. The smallest absolute Gasteiger partial charge is 0.337 e. The summed E-state index contributed by atoms with van der Waals surface area (Å²) in [5.74, 6) is 0.195. The average Bonchev–Trinajstić information content (AvgIpc) is 2.50. The summed E-state index contributed by atoms with van der Waals surface area (Å²) in [6.45, 7) is 3.70. The maximum atomic E-state index is 11.6.